The van der Waals surface area contributed by atoms with E-state index in [4.69, 9.17) is 4.74 Å². The molecule has 1 rings (SSSR count). The average molecular weight is 86.1 g/mol. The predicted molar refractivity (Wildman–Crippen MR) is 23.1 cm³/mol. The van der Waals surface area contributed by atoms with Gasteiger partial charge in [0.25, 0.3) is 0 Å². The Hall–Kier alpha value is -0.0800. The molecular weight excluding hydrogens is 78.1 g/mol. The maximum Gasteiger partial charge on any atom is 0.0968 e. The molecule has 1 radical (unpaired) electrons. The number of rotatable bonds is 0. The van der Waals surface area contributed by atoms with Gasteiger partial charge in [-0.25, -0.2) is 0 Å². The Bertz CT molecular complexity index is 40.8. The Morgan fingerprint density at radius 1 is 1.83 bits per heavy atom. The second-order valence-electron chi connectivity index (χ2n) is 1.42. The Morgan fingerprint density at radius 2 is 2.67 bits per heavy atom. The molecule has 0 aromatic rings. The van der Waals surface area contributed by atoms with Crippen molar-refractivity contribution in [1.82, 2.24) is 5.32 Å². The van der Waals surface area contributed by atoms with E-state index in [1.165, 1.54) is 0 Å². The first-order chi connectivity index (χ1) is 2.89. The molecular formula is C4H8NO. The zero-order valence-corrected chi connectivity index (χ0v) is 3.61. The van der Waals surface area contributed by atoms with Gasteiger partial charge in [-0.05, 0) is 6.92 Å². The number of hydrogen-bond acceptors (Lipinski definition) is 2. The maximum absolute atomic E-state index is 4.88. The molecule has 1 heterocycles. The molecule has 0 saturated carbocycles. The van der Waals surface area contributed by atoms with Gasteiger partial charge in [-0.3, -0.25) is 5.32 Å². The van der Waals surface area contributed by atoms with Crippen molar-refractivity contribution in [3.63, 3.8) is 0 Å². The molecule has 6 heavy (non-hydrogen) atoms. The summed E-state index contributed by atoms with van der Waals surface area (Å²) in [6.07, 6.45) is 0. The quantitative estimate of drug-likeness (QED) is 0.439. The van der Waals surface area contributed by atoms with Gasteiger partial charge in [-0.2, -0.15) is 0 Å². The summed E-state index contributed by atoms with van der Waals surface area (Å²) in [7, 11) is 0. The van der Waals surface area contributed by atoms with Crippen molar-refractivity contribution in [2.24, 2.45) is 0 Å². The van der Waals surface area contributed by atoms with Crippen LogP contribution in [0.3, 0.4) is 0 Å². The molecule has 2 nitrogen and oxygen atoms in total. The third-order valence-electron chi connectivity index (χ3n) is 0.793. The molecule has 1 aliphatic heterocycles. The van der Waals surface area contributed by atoms with E-state index in [0.29, 0.717) is 12.8 Å². The second kappa shape index (κ2) is 1.58. The third-order valence-corrected chi connectivity index (χ3v) is 0.793. The van der Waals surface area contributed by atoms with Crippen LogP contribution in [-0.4, -0.2) is 19.4 Å². The van der Waals surface area contributed by atoms with Gasteiger partial charge in [-0.1, -0.05) is 0 Å². The van der Waals surface area contributed by atoms with E-state index in [2.05, 4.69) is 12.2 Å². The van der Waals surface area contributed by atoms with Crippen molar-refractivity contribution in [3.8, 4) is 0 Å². The molecule has 0 aromatic carbocycles. The molecule has 2 heteroatoms. The smallest absolute Gasteiger partial charge is 0.0968 e. The van der Waals surface area contributed by atoms with E-state index in [0.717, 1.165) is 6.61 Å². The zero-order chi connectivity index (χ0) is 4.41. The molecule has 1 aliphatic rings. The molecule has 0 aromatic heterocycles. The summed E-state index contributed by atoms with van der Waals surface area (Å²) in [6, 6.07) is 0.324. The first-order valence-corrected chi connectivity index (χ1v) is 2.04. The minimum absolute atomic E-state index is 0.324. The highest BCUT2D eigenvalue weighted by Gasteiger charge is 2.05. The van der Waals surface area contributed by atoms with Gasteiger partial charge in [-0.15, -0.1) is 0 Å². The molecule has 0 spiro atoms. The van der Waals surface area contributed by atoms with Gasteiger partial charge in [0.15, 0.2) is 0 Å². The van der Waals surface area contributed by atoms with E-state index in [9.17, 15) is 0 Å². The molecule has 1 N–H and O–H groups in total. The lowest BCUT2D eigenvalue weighted by Gasteiger charge is -1.91. The third kappa shape index (κ3) is 0.698. The van der Waals surface area contributed by atoms with Gasteiger partial charge in [0, 0.05) is 6.04 Å². The Labute approximate surface area is 37.5 Å². The molecule has 35 valence electrons. The largest absolute Gasteiger partial charge is 0.365 e. The summed E-state index contributed by atoms with van der Waals surface area (Å²) < 4.78 is 4.88. The molecule has 0 amide bonds. The predicted octanol–water partition coefficient (Wildman–Crippen LogP) is -0.234. The van der Waals surface area contributed by atoms with Crippen molar-refractivity contribution >= 4 is 0 Å². The van der Waals surface area contributed by atoms with Crippen molar-refractivity contribution in [2.45, 2.75) is 6.04 Å². The summed E-state index contributed by atoms with van der Waals surface area (Å²) in [5.74, 6) is 0. The van der Waals surface area contributed by atoms with Gasteiger partial charge in [0.2, 0.25) is 0 Å². The molecule has 0 bridgehead atoms. The lowest BCUT2D eigenvalue weighted by atomic mass is 10.4. The van der Waals surface area contributed by atoms with Crippen LogP contribution in [0.4, 0.5) is 0 Å². The van der Waals surface area contributed by atoms with Gasteiger partial charge in [0.05, 0.1) is 13.3 Å². The SMILES string of the molecule is [CH2]C1COCN1. The molecule has 0 aliphatic carbocycles. The summed E-state index contributed by atoms with van der Waals surface area (Å²) in [5.41, 5.74) is 0. The van der Waals surface area contributed by atoms with Crippen molar-refractivity contribution in [2.75, 3.05) is 13.3 Å². The molecule has 1 fully saturated rings. The first kappa shape index (κ1) is 4.09. The van der Waals surface area contributed by atoms with E-state index < -0.39 is 0 Å². The van der Waals surface area contributed by atoms with E-state index in [1.54, 1.807) is 0 Å². The maximum atomic E-state index is 4.88. The minimum Gasteiger partial charge on any atom is -0.365 e. The van der Waals surface area contributed by atoms with Crippen LogP contribution in [-0.2, 0) is 4.74 Å². The summed E-state index contributed by atoms with van der Waals surface area (Å²) in [4.78, 5) is 0. The average Bonchev–Trinajstić information content (AvgIpc) is 1.86. The van der Waals surface area contributed by atoms with Crippen LogP contribution < -0.4 is 5.32 Å². The van der Waals surface area contributed by atoms with E-state index >= 15 is 0 Å². The lowest BCUT2D eigenvalue weighted by molar-refractivity contribution is 0.191. The first-order valence-electron chi connectivity index (χ1n) is 2.04. The highest BCUT2D eigenvalue weighted by molar-refractivity contribution is 4.69. The van der Waals surface area contributed by atoms with E-state index in [-0.39, 0.29) is 0 Å². The zero-order valence-electron chi connectivity index (χ0n) is 3.61. The Kier molecular flexibility index (Phi) is 1.08. The van der Waals surface area contributed by atoms with Gasteiger partial charge in [0.1, 0.15) is 0 Å². The molecule has 1 atom stereocenters. The van der Waals surface area contributed by atoms with Crippen molar-refractivity contribution in [3.05, 3.63) is 6.92 Å². The number of hydrogen-bond donors (Lipinski definition) is 1. The highest BCUT2D eigenvalue weighted by atomic mass is 16.5. The number of ether oxygens (including phenoxy) is 1. The fourth-order valence-corrected chi connectivity index (χ4v) is 0.437. The van der Waals surface area contributed by atoms with Crippen LogP contribution >= 0.6 is 0 Å². The van der Waals surface area contributed by atoms with Crippen molar-refractivity contribution < 1.29 is 4.74 Å². The fourth-order valence-electron chi connectivity index (χ4n) is 0.437. The molecule has 1 saturated heterocycles. The van der Waals surface area contributed by atoms with Gasteiger partial charge < -0.3 is 4.74 Å². The summed E-state index contributed by atoms with van der Waals surface area (Å²) >= 11 is 0. The number of nitrogens with one attached hydrogen (secondary N) is 1. The normalized spacial score (nSPS) is 34.5. The van der Waals surface area contributed by atoms with Crippen LogP contribution in [0, 0.1) is 6.92 Å². The topological polar surface area (TPSA) is 21.3 Å². The fraction of sp³-hybridized carbons (Fsp3) is 0.750. The van der Waals surface area contributed by atoms with Crippen LogP contribution in [0.15, 0.2) is 0 Å². The Morgan fingerprint density at radius 3 is 2.83 bits per heavy atom. The standard InChI is InChI=1S/C4H8NO/c1-4-2-6-3-5-4/h4-5H,1-3H2. The van der Waals surface area contributed by atoms with Crippen LogP contribution in [0.25, 0.3) is 0 Å². The summed E-state index contributed by atoms with van der Waals surface area (Å²) in [6.45, 7) is 5.14. The second-order valence-corrected chi connectivity index (χ2v) is 1.42. The highest BCUT2D eigenvalue weighted by Crippen LogP contribution is 1.88. The van der Waals surface area contributed by atoms with Crippen LogP contribution in [0.2, 0.25) is 0 Å². The van der Waals surface area contributed by atoms with Crippen molar-refractivity contribution in [1.29, 1.82) is 0 Å². The Balaban J connectivity index is 2.18. The molecule has 1 unspecified atom stereocenters. The van der Waals surface area contributed by atoms with Gasteiger partial charge >= 0.3 is 0 Å². The van der Waals surface area contributed by atoms with Crippen LogP contribution in [0.1, 0.15) is 0 Å². The van der Waals surface area contributed by atoms with Crippen LogP contribution in [0.5, 0.6) is 0 Å². The lowest BCUT2D eigenvalue weighted by Crippen LogP contribution is -2.18. The monoisotopic (exact) mass is 86.1 g/mol. The summed E-state index contributed by atoms with van der Waals surface area (Å²) in [5, 5.41) is 2.99. The van der Waals surface area contributed by atoms with E-state index in [1.807, 2.05) is 0 Å². The minimum atomic E-state index is 0.324.